The van der Waals surface area contributed by atoms with Gasteiger partial charge in [-0.25, -0.2) is 4.79 Å². The Morgan fingerprint density at radius 2 is 1.92 bits per heavy atom. The highest BCUT2D eigenvalue weighted by atomic mass is 127. The van der Waals surface area contributed by atoms with Crippen molar-refractivity contribution in [1.82, 2.24) is 9.80 Å². The number of rotatable bonds is 1. The van der Waals surface area contributed by atoms with Gasteiger partial charge in [-0.05, 0) is 67.5 Å². The zero-order chi connectivity index (χ0) is 19.2. The first-order chi connectivity index (χ1) is 12.1. The summed E-state index contributed by atoms with van der Waals surface area (Å²) in [6.45, 7) is 5.26. The Bertz CT molecular complexity index is 814. The van der Waals surface area contributed by atoms with Crippen LogP contribution in [0.4, 0.5) is 4.79 Å². The largest absolute Gasteiger partial charge is 0.443 e. The van der Waals surface area contributed by atoms with Crippen molar-refractivity contribution in [1.29, 1.82) is 0 Å². The van der Waals surface area contributed by atoms with Crippen molar-refractivity contribution >= 4 is 46.4 Å². The van der Waals surface area contributed by atoms with Gasteiger partial charge in [0.25, 0.3) is 11.8 Å². The third-order valence-electron chi connectivity index (χ3n) is 4.28. The van der Waals surface area contributed by atoms with Crippen molar-refractivity contribution in [3.8, 4) is 0 Å². The van der Waals surface area contributed by atoms with E-state index in [0.29, 0.717) is 17.0 Å². The average molecular weight is 470 g/mol. The third-order valence-corrected chi connectivity index (χ3v) is 5.29. The summed E-state index contributed by atoms with van der Waals surface area (Å²) in [7, 11) is 0. The molecule has 1 aromatic rings. The van der Waals surface area contributed by atoms with Gasteiger partial charge >= 0.3 is 6.09 Å². The number of nitrogens with zero attached hydrogens (tertiary/aromatic N) is 2. The molecular formula is C18H19IN2O5. The van der Waals surface area contributed by atoms with Crippen molar-refractivity contribution in [2.45, 2.75) is 51.8 Å². The monoisotopic (exact) mass is 470 g/mol. The zero-order valence-electron chi connectivity index (χ0n) is 14.7. The second-order valence-corrected chi connectivity index (χ2v) is 8.46. The summed E-state index contributed by atoms with van der Waals surface area (Å²) < 4.78 is 6.12. The number of likely N-dealkylation sites (tertiary alicyclic amines) is 1. The van der Waals surface area contributed by atoms with E-state index in [0.717, 1.165) is 9.13 Å². The Labute approximate surface area is 164 Å². The van der Waals surface area contributed by atoms with Crippen LogP contribution in [0.15, 0.2) is 18.2 Å². The summed E-state index contributed by atoms with van der Waals surface area (Å²) >= 11 is 2.15. The summed E-state index contributed by atoms with van der Waals surface area (Å²) in [4.78, 5) is 52.0. The first-order valence-corrected chi connectivity index (χ1v) is 9.36. The summed E-state index contributed by atoms with van der Waals surface area (Å²) in [5.74, 6) is -1.55. The third kappa shape index (κ3) is 3.34. The number of hydrogen-bond acceptors (Lipinski definition) is 5. The van der Waals surface area contributed by atoms with Crippen LogP contribution in [0, 0.1) is 3.57 Å². The Morgan fingerprint density at radius 3 is 2.54 bits per heavy atom. The second kappa shape index (κ2) is 6.64. The maximum absolute atomic E-state index is 12.8. The van der Waals surface area contributed by atoms with Gasteiger partial charge in [-0.1, -0.05) is 6.07 Å². The Kier molecular flexibility index (Phi) is 4.80. The van der Waals surface area contributed by atoms with Gasteiger partial charge in [-0.15, -0.1) is 0 Å². The molecule has 1 atom stereocenters. The molecule has 1 aromatic carbocycles. The molecule has 0 saturated carbocycles. The maximum Gasteiger partial charge on any atom is 0.424 e. The maximum atomic E-state index is 12.8. The molecule has 0 spiro atoms. The van der Waals surface area contributed by atoms with Crippen LogP contribution in [0.3, 0.4) is 0 Å². The minimum Gasteiger partial charge on any atom is -0.443 e. The highest BCUT2D eigenvalue weighted by Gasteiger charge is 2.46. The molecule has 1 unspecified atom stereocenters. The SMILES string of the molecule is CC(C)(C)OC(=O)N1C(=O)CCC(N2Cc3c(I)cccc3C2=O)C1=O. The fourth-order valence-electron chi connectivity index (χ4n) is 3.12. The summed E-state index contributed by atoms with van der Waals surface area (Å²) in [5.41, 5.74) is 0.595. The topological polar surface area (TPSA) is 84.0 Å². The standard InChI is InChI=1S/C18H19IN2O5/c1-18(2,3)26-17(25)21-14(22)8-7-13(16(21)24)20-9-11-10(15(20)23)5-4-6-12(11)19/h4-6,13H,7-9H2,1-3H3. The number of imide groups is 3. The van der Waals surface area contributed by atoms with E-state index in [4.69, 9.17) is 4.74 Å². The van der Waals surface area contributed by atoms with E-state index in [1.807, 2.05) is 6.07 Å². The van der Waals surface area contributed by atoms with Crippen LogP contribution in [-0.4, -0.2) is 45.3 Å². The Morgan fingerprint density at radius 1 is 1.23 bits per heavy atom. The molecule has 3 rings (SSSR count). The smallest absolute Gasteiger partial charge is 0.424 e. The minimum absolute atomic E-state index is 0.00681. The van der Waals surface area contributed by atoms with Crippen LogP contribution in [0.25, 0.3) is 0 Å². The first kappa shape index (κ1) is 18.8. The molecule has 2 aliphatic rings. The first-order valence-electron chi connectivity index (χ1n) is 8.28. The lowest BCUT2D eigenvalue weighted by Crippen LogP contribution is -2.57. The molecule has 138 valence electrons. The number of halogens is 1. The van der Waals surface area contributed by atoms with Gasteiger partial charge in [-0.3, -0.25) is 14.4 Å². The van der Waals surface area contributed by atoms with Gasteiger partial charge in [0.1, 0.15) is 11.6 Å². The normalized spacial score (nSPS) is 20.5. The number of piperidine rings is 1. The number of carbonyl (C=O) groups is 4. The lowest BCUT2D eigenvalue weighted by molar-refractivity contribution is -0.150. The molecule has 0 aromatic heterocycles. The Hall–Kier alpha value is -1.97. The predicted molar refractivity (Wildman–Crippen MR) is 100 cm³/mol. The van der Waals surface area contributed by atoms with E-state index in [-0.39, 0.29) is 18.7 Å². The molecule has 0 radical (unpaired) electrons. The molecule has 7 nitrogen and oxygen atoms in total. The van der Waals surface area contributed by atoms with Crippen LogP contribution in [0.5, 0.6) is 0 Å². The highest BCUT2D eigenvalue weighted by molar-refractivity contribution is 14.1. The van der Waals surface area contributed by atoms with Crippen LogP contribution in [0.2, 0.25) is 0 Å². The number of carbonyl (C=O) groups excluding carboxylic acids is 4. The number of benzene rings is 1. The van der Waals surface area contributed by atoms with Crippen molar-refractivity contribution in [2.75, 3.05) is 0 Å². The fraction of sp³-hybridized carbons (Fsp3) is 0.444. The lowest BCUT2D eigenvalue weighted by atomic mass is 10.0. The van der Waals surface area contributed by atoms with Crippen LogP contribution < -0.4 is 0 Å². The van der Waals surface area contributed by atoms with E-state index in [1.54, 1.807) is 32.9 Å². The minimum atomic E-state index is -0.990. The number of amides is 4. The molecule has 1 saturated heterocycles. The number of hydrogen-bond donors (Lipinski definition) is 0. The van der Waals surface area contributed by atoms with Crippen molar-refractivity contribution in [3.05, 3.63) is 32.9 Å². The molecule has 0 aliphatic carbocycles. The number of fused-ring (bicyclic) bond motifs is 1. The van der Waals surface area contributed by atoms with Crippen molar-refractivity contribution in [3.63, 3.8) is 0 Å². The van der Waals surface area contributed by atoms with Crippen LogP contribution in [0.1, 0.15) is 49.5 Å². The predicted octanol–water partition coefficient (Wildman–Crippen LogP) is 2.70. The molecule has 1 fully saturated rings. The van der Waals surface area contributed by atoms with Crippen molar-refractivity contribution < 1.29 is 23.9 Å². The van der Waals surface area contributed by atoms with E-state index < -0.39 is 29.6 Å². The van der Waals surface area contributed by atoms with E-state index in [9.17, 15) is 19.2 Å². The summed E-state index contributed by atoms with van der Waals surface area (Å²) in [5, 5.41) is 0. The molecule has 2 aliphatic heterocycles. The van der Waals surface area contributed by atoms with E-state index in [1.165, 1.54) is 4.90 Å². The number of ether oxygens (including phenoxy) is 1. The Balaban J connectivity index is 1.85. The lowest BCUT2D eigenvalue weighted by Gasteiger charge is -2.35. The average Bonchev–Trinajstić information content (AvgIpc) is 2.84. The summed E-state index contributed by atoms with van der Waals surface area (Å²) in [6.07, 6.45) is -0.781. The molecule has 0 bridgehead atoms. The quantitative estimate of drug-likeness (QED) is 0.466. The van der Waals surface area contributed by atoms with Gasteiger partial charge < -0.3 is 9.64 Å². The van der Waals surface area contributed by atoms with Crippen molar-refractivity contribution in [2.24, 2.45) is 0 Å². The van der Waals surface area contributed by atoms with Crippen LogP contribution >= 0.6 is 22.6 Å². The molecule has 2 heterocycles. The molecule has 0 N–H and O–H groups in total. The molecule has 26 heavy (non-hydrogen) atoms. The van der Waals surface area contributed by atoms with Gasteiger partial charge in [0.2, 0.25) is 5.91 Å². The highest BCUT2D eigenvalue weighted by Crippen LogP contribution is 2.31. The molecule has 4 amide bonds. The van der Waals surface area contributed by atoms with Gasteiger partial charge in [-0.2, -0.15) is 4.90 Å². The fourth-order valence-corrected chi connectivity index (χ4v) is 3.79. The van der Waals surface area contributed by atoms with Gasteiger partial charge in [0.15, 0.2) is 0 Å². The van der Waals surface area contributed by atoms with E-state index in [2.05, 4.69) is 22.6 Å². The van der Waals surface area contributed by atoms with Gasteiger partial charge in [0, 0.05) is 22.1 Å². The summed E-state index contributed by atoms with van der Waals surface area (Å²) in [6, 6.07) is 4.57. The van der Waals surface area contributed by atoms with E-state index >= 15 is 0 Å². The molecule has 8 heteroatoms. The van der Waals surface area contributed by atoms with Gasteiger partial charge in [0.05, 0.1) is 0 Å². The van der Waals surface area contributed by atoms with Crippen LogP contribution in [-0.2, 0) is 20.9 Å². The molecular weight excluding hydrogens is 451 g/mol. The second-order valence-electron chi connectivity index (χ2n) is 7.30. The zero-order valence-corrected chi connectivity index (χ0v) is 16.9.